The molecule has 0 unspecified atom stereocenters. The van der Waals surface area contributed by atoms with Crippen LogP contribution < -0.4 is 14.8 Å². The van der Waals surface area contributed by atoms with Gasteiger partial charge < -0.3 is 14.8 Å². The molecule has 0 saturated carbocycles. The SMILES string of the molecule is COc1ccc(OC)c([C@H](C)NC(=O)c2ccc(Cl)c(S(=O)(=O)N3CCCC3)c2)c1. The molecule has 2 aromatic carbocycles. The molecule has 0 bridgehead atoms. The van der Waals surface area contributed by atoms with E-state index in [0.29, 0.717) is 24.6 Å². The van der Waals surface area contributed by atoms with Crippen LogP contribution in [-0.4, -0.2) is 45.9 Å². The zero-order chi connectivity index (χ0) is 21.9. The van der Waals surface area contributed by atoms with Crippen LogP contribution in [0.25, 0.3) is 0 Å². The number of hydrogen-bond acceptors (Lipinski definition) is 5. The Bertz CT molecular complexity index is 1040. The average Bonchev–Trinajstić information content (AvgIpc) is 3.29. The molecular formula is C21H25ClN2O5S. The summed E-state index contributed by atoms with van der Waals surface area (Å²) >= 11 is 6.17. The molecule has 1 atom stereocenters. The zero-order valence-corrected chi connectivity index (χ0v) is 18.7. The topological polar surface area (TPSA) is 84.9 Å². The molecule has 1 amide bonds. The van der Waals surface area contributed by atoms with Gasteiger partial charge in [0.2, 0.25) is 10.0 Å². The molecule has 0 radical (unpaired) electrons. The first-order valence-corrected chi connectivity index (χ1v) is 11.4. The maximum atomic E-state index is 12.9. The van der Waals surface area contributed by atoms with Crippen LogP contribution in [-0.2, 0) is 10.0 Å². The van der Waals surface area contributed by atoms with Gasteiger partial charge in [0.25, 0.3) is 5.91 Å². The number of sulfonamides is 1. The minimum absolute atomic E-state index is 0.0506. The quantitative estimate of drug-likeness (QED) is 0.693. The van der Waals surface area contributed by atoms with E-state index >= 15 is 0 Å². The third-order valence-corrected chi connectivity index (χ3v) is 7.51. The Kier molecular flexibility index (Phi) is 6.90. The van der Waals surface area contributed by atoms with Crippen LogP contribution in [0.5, 0.6) is 11.5 Å². The Balaban J connectivity index is 1.86. The highest BCUT2D eigenvalue weighted by atomic mass is 35.5. The third kappa shape index (κ3) is 4.55. The summed E-state index contributed by atoms with van der Waals surface area (Å²) in [7, 11) is -0.630. The van der Waals surface area contributed by atoms with Gasteiger partial charge in [-0.05, 0) is 56.2 Å². The summed E-state index contributed by atoms with van der Waals surface area (Å²) in [6.45, 7) is 2.73. The molecule has 1 aliphatic heterocycles. The fourth-order valence-corrected chi connectivity index (χ4v) is 5.46. The zero-order valence-electron chi connectivity index (χ0n) is 17.1. The first kappa shape index (κ1) is 22.4. The van der Waals surface area contributed by atoms with Crippen molar-refractivity contribution in [3.8, 4) is 11.5 Å². The highest BCUT2D eigenvalue weighted by molar-refractivity contribution is 7.89. The molecule has 1 aliphatic rings. The molecule has 1 fully saturated rings. The van der Waals surface area contributed by atoms with E-state index in [0.717, 1.165) is 18.4 Å². The lowest BCUT2D eigenvalue weighted by Crippen LogP contribution is -2.29. The summed E-state index contributed by atoms with van der Waals surface area (Å²) in [5.41, 5.74) is 0.954. The predicted molar refractivity (Wildman–Crippen MR) is 115 cm³/mol. The van der Waals surface area contributed by atoms with Crippen LogP contribution in [0.15, 0.2) is 41.3 Å². The van der Waals surface area contributed by atoms with Crippen molar-refractivity contribution in [3.63, 3.8) is 0 Å². The van der Waals surface area contributed by atoms with E-state index in [9.17, 15) is 13.2 Å². The Hall–Kier alpha value is -2.29. The van der Waals surface area contributed by atoms with E-state index in [1.807, 2.05) is 6.92 Å². The lowest BCUT2D eigenvalue weighted by atomic mass is 10.1. The Morgan fingerprint density at radius 3 is 2.43 bits per heavy atom. The van der Waals surface area contributed by atoms with Gasteiger partial charge in [0, 0.05) is 24.2 Å². The molecule has 0 aromatic heterocycles. The van der Waals surface area contributed by atoms with Gasteiger partial charge in [0.05, 0.1) is 25.3 Å². The number of carbonyl (C=O) groups excluding carboxylic acids is 1. The number of halogens is 1. The minimum Gasteiger partial charge on any atom is -0.497 e. The van der Waals surface area contributed by atoms with Crippen molar-refractivity contribution in [2.24, 2.45) is 0 Å². The van der Waals surface area contributed by atoms with Crippen molar-refractivity contribution in [1.29, 1.82) is 0 Å². The molecule has 2 aromatic rings. The molecule has 162 valence electrons. The van der Waals surface area contributed by atoms with Crippen molar-refractivity contribution in [3.05, 3.63) is 52.5 Å². The van der Waals surface area contributed by atoms with Gasteiger partial charge in [-0.3, -0.25) is 4.79 Å². The normalized spacial score (nSPS) is 15.6. The number of benzene rings is 2. The molecule has 3 rings (SSSR count). The second-order valence-corrected chi connectivity index (χ2v) is 9.37. The molecule has 0 spiro atoms. The van der Waals surface area contributed by atoms with Crippen molar-refractivity contribution >= 4 is 27.5 Å². The Labute approximate surface area is 182 Å². The lowest BCUT2D eigenvalue weighted by Gasteiger charge is -2.19. The number of amides is 1. The van der Waals surface area contributed by atoms with Crippen molar-refractivity contribution < 1.29 is 22.7 Å². The summed E-state index contributed by atoms with van der Waals surface area (Å²) in [5, 5.41) is 2.98. The van der Waals surface area contributed by atoms with Gasteiger partial charge in [-0.2, -0.15) is 4.31 Å². The number of rotatable bonds is 7. The number of hydrogen-bond donors (Lipinski definition) is 1. The van der Waals surface area contributed by atoms with Crippen molar-refractivity contribution in [2.75, 3.05) is 27.3 Å². The number of carbonyl (C=O) groups is 1. The van der Waals surface area contributed by atoms with Gasteiger partial charge in [0.15, 0.2) is 0 Å². The summed E-state index contributed by atoms with van der Waals surface area (Å²) in [6.07, 6.45) is 1.63. The summed E-state index contributed by atoms with van der Waals surface area (Å²) in [5.74, 6) is 0.830. The summed E-state index contributed by atoms with van der Waals surface area (Å²) < 4.78 is 37.9. The molecule has 7 nitrogen and oxygen atoms in total. The lowest BCUT2D eigenvalue weighted by molar-refractivity contribution is 0.0939. The van der Waals surface area contributed by atoms with E-state index in [2.05, 4.69) is 5.32 Å². The molecule has 1 saturated heterocycles. The van der Waals surface area contributed by atoms with Gasteiger partial charge in [-0.15, -0.1) is 0 Å². The maximum absolute atomic E-state index is 12.9. The smallest absolute Gasteiger partial charge is 0.251 e. The number of ether oxygens (including phenoxy) is 2. The summed E-state index contributed by atoms with van der Waals surface area (Å²) in [6, 6.07) is 9.20. The number of nitrogens with one attached hydrogen (secondary N) is 1. The Morgan fingerprint density at radius 1 is 1.10 bits per heavy atom. The van der Waals surface area contributed by atoms with Crippen LogP contribution in [0.4, 0.5) is 0 Å². The van der Waals surface area contributed by atoms with Gasteiger partial charge in [0.1, 0.15) is 16.4 Å². The fourth-order valence-electron chi connectivity index (χ4n) is 3.45. The van der Waals surface area contributed by atoms with Crippen LogP contribution in [0, 0.1) is 0 Å². The molecular weight excluding hydrogens is 428 g/mol. The van der Waals surface area contributed by atoms with Crippen LogP contribution in [0.1, 0.15) is 41.7 Å². The van der Waals surface area contributed by atoms with Crippen molar-refractivity contribution in [1.82, 2.24) is 9.62 Å². The summed E-state index contributed by atoms with van der Waals surface area (Å²) in [4.78, 5) is 12.8. The molecule has 30 heavy (non-hydrogen) atoms. The minimum atomic E-state index is -3.74. The predicted octanol–water partition coefficient (Wildman–Crippen LogP) is 3.63. The highest BCUT2D eigenvalue weighted by Gasteiger charge is 2.30. The second kappa shape index (κ2) is 9.24. The van der Waals surface area contributed by atoms with E-state index in [1.165, 1.54) is 22.5 Å². The highest BCUT2D eigenvalue weighted by Crippen LogP contribution is 2.31. The van der Waals surface area contributed by atoms with E-state index < -0.39 is 22.0 Å². The van der Waals surface area contributed by atoms with Crippen LogP contribution in [0.2, 0.25) is 5.02 Å². The van der Waals surface area contributed by atoms with Crippen LogP contribution >= 0.6 is 11.6 Å². The first-order chi connectivity index (χ1) is 14.3. The monoisotopic (exact) mass is 452 g/mol. The van der Waals surface area contributed by atoms with Gasteiger partial charge >= 0.3 is 0 Å². The molecule has 0 aliphatic carbocycles. The molecule has 9 heteroatoms. The average molecular weight is 453 g/mol. The fraction of sp³-hybridized carbons (Fsp3) is 0.381. The van der Waals surface area contributed by atoms with E-state index in [1.54, 1.807) is 32.4 Å². The number of nitrogens with zero attached hydrogens (tertiary/aromatic N) is 1. The van der Waals surface area contributed by atoms with Gasteiger partial charge in [-0.25, -0.2) is 8.42 Å². The Morgan fingerprint density at radius 2 is 1.80 bits per heavy atom. The standard InChI is InChI=1S/C21H25ClN2O5S/c1-14(17-13-16(28-2)7-9-19(17)29-3)23-21(25)15-6-8-18(22)20(12-15)30(26,27)24-10-4-5-11-24/h6-9,12-14H,4-5,10-11H2,1-3H3,(H,23,25)/t14-/m0/s1. The largest absolute Gasteiger partial charge is 0.497 e. The van der Waals surface area contributed by atoms with Gasteiger partial charge in [-0.1, -0.05) is 11.6 Å². The van der Waals surface area contributed by atoms with E-state index in [4.69, 9.17) is 21.1 Å². The van der Waals surface area contributed by atoms with Crippen molar-refractivity contribution in [2.45, 2.75) is 30.7 Å². The third-order valence-electron chi connectivity index (χ3n) is 5.13. The molecule has 1 heterocycles. The first-order valence-electron chi connectivity index (χ1n) is 9.60. The number of methoxy groups -OCH3 is 2. The maximum Gasteiger partial charge on any atom is 0.251 e. The second-order valence-electron chi connectivity index (χ2n) is 7.06. The van der Waals surface area contributed by atoms with E-state index in [-0.39, 0.29) is 15.5 Å². The van der Waals surface area contributed by atoms with Crippen LogP contribution in [0.3, 0.4) is 0 Å². The molecule has 1 N–H and O–H groups in total.